The molecule has 0 spiro atoms. The van der Waals surface area contributed by atoms with Gasteiger partial charge in [-0.25, -0.2) is 0 Å². The van der Waals surface area contributed by atoms with E-state index in [2.05, 4.69) is 5.32 Å². The number of rotatable bonds is 7. The zero-order chi connectivity index (χ0) is 23.6. The average Bonchev–Trinajstić information content (AvgIpc) is 2.77. The lowest BCUT2D eigenvalue weighted by atomic mass is 10.0. The molecular formula is C24H29N3O5. The number of nitro benzene ring substituents is 1. The first-order valence-corrected chi connectivity index (χ1v) is 10.9. The molecule has 3 rings (SSSR count). The molecule has 0 radical (unpaired) electrons. The van der Waals surface area contributed by atoms with E-state index < -0.39 is 23.0 Å². The molecule has 0 fully saturated rings. The Kier molecular flexibility index (Phi) is 6.81. The first-order chi connectivity index (χ1) is 15.2. The largest absolute Gasteiger partial charge is 0.478 e. The van der Waals surface area contributed by atoms with E-state index in [1.165, 1.54) is 23.1 Å². The van der Waals surface area contributed by atoms with Gasteiger partial charge in [0, 0.05) is 17.8 Å². The molecule has 0 saturated carbocycles. The number of para-hydroxylation sites is 1. The van der Waals surface area contributed by atoms with Crippen molar-refractivity contribution in [3.8, 4) is 5.75 Å². The number of hydrogen-bond acceptors (Lipinski definition) is 5. The summed E-state index contributed by atoms with van der Waals surface area (Å²) in [6.45, 7) is 9.36. The molecule has 2 aromatic rings. The summed E-state index contributed by atoms with van der Waals surface area (Å²) in [6, 6.07) is 9.09. The van der Waals surface area contributed by atoms with Crippen LogP contribution in [0.25, 0.3) is 0 Å². The highest BCUT2D eigenvalue weighted by molar-refractivity contribution is 6.08. The highest BCUT2D eigenvalue weighted by atomic mass is 16.6. The number of carbonyl (C=O) groups excluding carboxylic acids is 2. The molecule has 8 nitrogen and oxygen atoms in total. The molecule has 0 saturated heterocycles. The third-order valence-electron chi connectivity index (χ3n) is 5.77. The fourth-order valence-corrected chi connectivity index (χ4v) is 3.92. The molecule has 2 amide bonds. The number of nitro groups is 1. The van der Waals surface area contributed by atoms with Gasteiger partial charge in [0.15, 0.2) is 6.10 Å². The van der Waals surface area contributed by atoms with Crippen LogP contribution in [0, 0.1) is 16.0 Å². The average molecular weight is 440 g/mol. The Balaban J connectivity index is 2.02. The van der Waals surface area contributed by atoms with E-state index in [0.717, 1.165) is 29.7 Å². The van der Waals surface area contributed by atoms with Crippen LogP contribution >= 0.6 is 0 Å². The van der Waals surface area contributed by atoms with Crippen molar-refractivity contribution in [1.29, 1.82) is 0 Å². The first-order valence-electron chi connectivity index (χ1n) is 10.9. The Hall–Kier alpha value is -3.42. The Morgan fingerprint density at radius 2 is 1.78 bits per heavy atom. The normalized spacial score (nSPS) is 16.4. The summed E-state index contributed by atoms with van der Waals surface area (Å²) in [5, 5.41) is 14.3. The molecule has 1 heterocycles. The third-order valence-corrected chi connectivity index (χ3v) is 5.77. The molecule has 2 unspecified atom stereocenters. The Morgan fingerprint density at radius 1 is 1.16 bits per heavy atom. The van der Waals surface area contributed by atoms with Gasteiger partial charge in [-0.15, -0.1) is 0 Å². The molecule has 1 aliphatic rings. The van der Waals surface area contributed by atoms with Crippen molar-refractivity contribution in [3.05, 3.63) is 57.6 Å². The second-order valence-electron chi connectivity index (χ2n) is 8.22. The molecule has 1 N–H and O–H groups in total. The number of non-ortho nitro benzene ring substituents is 1. The molecule has 8 heteroatoms. The number of ether oxygens (including phenoxy) is 1. The van der Waals surface area contributed by atoms with E-state index in [1.54, 1.807) is 6.92 Å². The van der Waals surface area contributed by atoms with Gasteiger partial charge in [0.05, 0.1) is 10.6 Å². The van der Waals surface area contributed by atoms with Crippen molar-refractivity contribution in [3.63, 3.8) is 0 Å². The molecule has 0 bridgehead atoms. The van der Waals surface area contributed by atoms with Crippen LogP contribution in [-0.4, -0.2) is 28.9 Å². The maximum atomic E-state index is 13.3. The van der Waals surface area contributed by atoms with Crippen molar-refractivity contribution in [2.24, 2.45) is 5.92 Å². The Bertz CT molecular complexity index is 1030. The van der Waals surface area contributed by atoms with E-state index in [-0.39, 0.29) is 23.2 Å². The second kappa shape index (κ2) is 9.38. The van der Waals surface area contributed by atoms with Gasteiger partial charge >= 0.3 is 0 Å². The summed E-state index contributed by atoms with van der Waals surface area (Å²) in [4.78, 5) is 38.7. The summed E-state index contributed by atoms with van der Waals surface area (Å²) >= 11 is 0. The van der Waals surface area contributed by atoms with Crippen LogP contribution in [-0.2, 0) is 22.4 Å². The summed E-state index contributed by atoms with van der Waals surface area (Å²) in [5.41, 5.74) is 2.83. The van der Waals surface area contributed by atoms with Crippen LogP contribution in [0.3, 0.4) is 0 Å². The van der Waals surface area contributed by atoms with Crippen LogP contribution in [0.2, 0.25) is 0 Å². The molecule has 1 aliphatic heterocycles. The van der Waals surface area contributed by atoms with Crippen molar-refractivity contribution in [2.75, 3.05) is 10.2 Å². The summed E-state index contributed by atoms with van der Waals surface area (Å²) < 4.78 is 5.85. The topological polar surface area (TPSA) is 102 Å². The smallest absolute Gasteiger partial charge is 0.271 e. The van der Waals surface area contributed by atoms with Crippen LogP contribution < -0.4 is 15.0 Å². The quantitative estimate of drug-likeness (QED) is 0.506. The number of benzene rings is 2. The van der Waals surface area contributed by atoms with Crippen LogP contribution in [0.15, 0.2) is 36.4 Å². The van der Waals surface area contributed by atoms with Gasteiger partial charge in [-0.1, -0.05) is 45.9 Å². The fourth-order valence-electron chi connectivity index (χ4n) is 3.92. The van der Waals surface area contributed by atoms with E-state index in [4.69, 9.17) is 4.74 Å². The minimum absolute atomic E-state index is 0.142. The third kappa shape index (κ3) is 4.30. The standard InChI is InChI=1S/C24H29N3O5/c1-6-16-9-8-10-17(7-2)21(16)25-23(28)15(5)26-19-13-18(27(30)31)11-12-20(19)32-22(14(3)4)24(26)29/h8-15,22H,6-7H2,1-5H3,(H,25,28). The van der Waals surface area contributed by atoms with Gasteiger partial charge in [-0.05, 0) is 42.9 Å². The highest BCUT2D eigenvalue weighted by Gasteiger charge is 2.41. The van der Waals surface area contributed by atoms with E-state index in [1.807, 2.05) is 45.9 Å². The number of nitrogens with zero attached hydrogens (tertiary/aromatic N) is 2. The van der Waals surface area contributed by atoms with Crippen LogP contribution in [0.5, 0.6) is 5.75 Å². The predicted octanol–water partition coefficient (Wildman–Crippen LogP) is 4.50. The van der Waals surface area contributed by atoms with Gasteiger partial charge in [-0.2, -0.15) is 0 Å². The SMILES string of the molecule is CCc1cccc(CC)c1NC(=O)C(C)N1C(=O)C(C(C)C)Oc2ccc([N+](=O)[O-])cc21. The number of anilines is 2. The van der Waals surface area contributed by atoms with Crippen molar-refractivity contribution >= 4 is 28.9 Å². The summed E-state index contributed by atoms with van der Waals surface area (Å²) in [6.07, 6.45) is 0.714. The molecule has 32 heavy (non-hydrogen) atoms. The number of amides is 2. The predicted molar refractivity (Wildman–Crippen MR) is 123 cm³/mol. The van der Waals surface area contributed by atoms with Crippen molar-refractivity contribution in [1.82, 2.24) is 0 Å². The van der Waals surface area contributed by atoms with Gasteiger partial charge < -0.3 is 10.1 Å². The molecular weight excluding hydrogens is 410 g/mol. The maximum absolute atomic E-state index is 13.3. The lowest BCUT2D eigenvalue weighted by Crippen LogP contribution is -2.55. The molecule has 0 aromatic heterocycles. The summed E-state index contributed by atoms with van der Waals surface area (Å²) in [7, 11) is 0. The van der Waals surface area contributed by atoms with Crippen LogP contribution in [0.4, 0.5) is 17.1 Å². The molecule has 2 atom stereocenters. The summed E-state index contributed by atoms with van der Waals surface area (Å²) in [5.74, 6) is -0.557. The number of carbonyl (C=O) groups is 2. The minimum atomic E-state index is -0.900. The number of hydrogen-bond donors (Lipinski definition) is 1. The first kappa shape index (κ1) is 23.2. The van der Waals surface area contributed by atoms with Crippen molar-refractivity contribution < 1.29 is 19.2 Å². The second-order valence-corrected chi connectivity index (χ2v) is 8.22. The monoisotopic (exact) mass is 439 g/mol. The van der Waals surface area contributed by atoms with Crippen molar-refractivity contribution in [2.45, 2.75) is 59.6 Å². The number of aryl methyl sites for hydroxylation is 2. The van der Waals surface area contributed by atoms with Gasteiger partial charge in [0.25, 0.3) is 11.6 Å². The lowest BCUT2D eigenvalue weighted by molar-refractivity contribution is -0.384. The molecule has 0 aliphatic carbocycles. The number of nitrogens with one attached hydrogen (secondary N) is 1. The molecule has 170 valence electrons. The van der Waals surface area contributed by atoms with Gasteiger partial charge in [-0.3, -0.25) is 24.6 Å². The lowest BCUT2D eigenvalue weighted by Gasteiger charge is -2.38. The highest BCUT2D eigenvalue weighted by Crippen LogP contribution is 2.39. The zero-order valence-corrected chi connectivity index (χ0v) is 19.0. The zero-order valence-electron chi connectivity index (χ0n) is 19.0. The van der Waals surface area contributed by atoms with E-state index in [9.17, 15) is 19.7 Å². The van der Waals surface area contributed by atoms with Gasteiger partial charge in [0.1, 0.15) is 11.8 Å². The Labute approximate surface area is 187 Å². The Morgan fingerprint density at radius 3 is 2.31 bits per heavy atom. The molecule has 2 aromatic carbocycles. The van der Waals surface area contributed by atoms with E-state index in [0.29, 0.717) is 5.75 Å². The minimum Gasteiger partial charge on any atom is -0.478 e. The van der Waals surface area contributed by atoms with Gasteiger partial charge in [0.2, 0.25) is 5.91 Å². The maximum Gasteiger partial charge on any atom is 0.271 e. The van der Waals surface area contributed by atoms with Crippen LogP contribution in [0.1, 0.15) is 45.7 Å². The number of fused-ring (bicyclic) bond motifs is 1. The fraction of sp³-hybridized carbons (Fsp3) is 0.417. The van der Waals surface area contributed by atoms with E-state index >= 15 is 0 Å².